The molecule has 3 rings (SSSR count). The fourth-order valence-corrected chi connectivity index (χ4v) is 4.97. The molecule has 1 aromatic carbocycles. The first-order valence-electron chi connectivity index (χ1n) is 9.33. The van der Waals surface area contributed by atoms with Crippen molar-refractivity contribution in [2.24, 2.45) is 4.40 Å². The molecular weight excluding hydrogens is 364 g/mol. The molecule has 1 saturated heterocycles. The van der Waals surface area contributed by atoms with Crippen LogP contribution in [0.2, 0.25) is 0 Å². The molecule has 0 radical (unpaired) electrons. The van der Waals surface area contributed by atoms with E-state index in [-0.39, 0.29) is 17.0 Å². The number of amides is 2. The lowest BCUT2D eigenvalue weighted by Crippen LogP contribution is -2.49. The molecule has 0 aromatic heterocycles. The Hall–Kier alpha value is -2.35. The van der Waals surface area contributed by atoms with Crippen LogP contribution in [-0.2, 0) is 10.0 Å². The van der Waals surface area contributed by atoms with Crippen molar-refractivity contribution in [3.63, 3.8) is 0 Å². The van der Waals surface area contributed by atoms with E-state index < -0.39 is 10.0 Å². The Morgan fingerprint density at radius 3 is 2.52 bits per heavy atom. The van der Waals surface area contributed by atoms with Crippen LogP contribution in [0, 0.1) is 0 Å². The number of piperidine rings is 1. The molecule has 7 nitrogen and oxygen atoms in total. The molecule has 2 heterocycles. The normalized spacial score (nSPS) is 19.8. The van der Waals surface area contributed by atoms with Crippen LogP contribution in [0.25, 0.3) is 4.91 Å². The Balaban J connectivity index is 1.68. The summed E-state index contributed by atoms with van der Waals surface area (Å²) in [6.07, 6.45) is 2.41. The first-order valence-corrected chi connectivity index (χ1v) is 10.8. The van der Waals surface area contributed by atoms with Gasteiger partial charge in [0.1, 0.15) is 10.7 Å². The van der Waals surface area contributed by atoms with E-state index in [4.69, 9.17) is 0 Å². The smallest absolute Gasteiger partial charge is 0.315 e. The minimum Gasteiger partial charge on any atom is -0.356 e. The Labute approximate surface area is 160 Å². The quantitative estimate of drug-likeness (QED) is 0.826. The number of nitrogens with one attached hydrogen (secondary N) is 2. The predicted molar refractivity (Wildman–Crippen MR) is 107 cm³/mol. The summed E-state index contributed by atoms with van der Waals surface area (Å²) in [5, 5.41) is 5.79. The van der Waals surface area contributed by atoms with Gasteiger partial charge in [-0.3, -0.25) is 0 Å². The van der Waals surface area contributed by atoms with Crippen molar-refractivity contribution in [2.75, 3.05) is 19.6 Å². The summed E-state index contributed by atoms with van der Waals surface area (Å²) in [4.78, 5) is 14.1. The van der Waals surface area contributed by atoms with Crippen molar-refractivity contribution in [1.82, 2.24) is 15.5 Å². The van der Waals surface area contributed by atoms with Crippen molar-refractivity contribution in [1.29, 1.82) is 0 Å². The van der Waals surface area contributed by atoms with E-state index in [0.717, 1.165) is 19.3 Å². The van der Waals surface area contributed by atoms with Gasteiger partial charge in [-0.1, -0.05) is 37.3 Å². The third-order valence-electron chi connectivity index (χ3n) is 4.84. The van der Waals surface area contributed by atoms with Gasteiger partial charge in [-0.05, 0) is 31.7 Å². The Morgan fingerprint density at radius 1 is 1.22 bits per heavy atom. The summed E-state index contributed by atoms with van der Waals surface area (Å²) < 4.78 is 29.2. The molecule has 2 aliphatic rings. The Morgan fingerprint density at radius 2 is 1.89 bits per heavy atom. The number of carbonyl (C=O) groups excluding carboxylic acids is 1. The molecule has 8 heteroatoms. The molecule has 2 amide bonds. The number of hydrogen-bond acceptors (Lipinski definition) is 4. The van der Waals surface area contributed by atoms with Crippen LogP contribution in [0.5, 0.6) is 0 Å². The van der Waals surface area contributed by atoms with Crippen LogP contribution < -0.4 is 10.6 Å². The van der Waals surface area contributed by atoms with Crippen LogP contribution in [0.3, 0.4) is 0 Å². The third-order valence-corrected chi connectivity index (χ3v) is 6.31. The van der Waals surface area contributed by atoms with Gasteiger partial charge in [0.05, 0.1) is 0 Å². The third kappa shape index (κ3) is 4.32. The zero-order chi connectivity index (χ0) is 19.4. The van der Waals surface area contributed by atoms with Gasteiger partial charge < -0.3 is 15.5 Å². The lowest BCUT2D eigenvalue weighted by atomic mass is 10.0. The lowest BCUT2D eigenvalue weighted by Gasteiger charge is -2.33. The summed E-state index contributed by atoms with van der Waals surface area (Å²) in [5.41, 5.74) is 1.35. The van der Waals surface area contributed by atoms with E-state index in [1.54, 1.807) is 12.1 Å². The molecule has 27 heavy (non-hydrogen) atoms. The second kappa shape index (κ2) is 8.12. The molecule has 0 saturated carbocycles. The Bertz CT molecular complexity index is 854. The highest BCUT2D eigenvalue weighted by Crippen LogP contribution is 2.34. The van der Waals surface area contributed by atoms with E-state index in [0.29, 0.717) is 36.6 Å². The maximum Gasteiger partial charge on any atom is 0.315 e. The van der Waals surface area contributed by atoms with Gasteiger partial charge in [0.25, 0.3) is 10.0 Å². The van der Waals surface area contributed by atoms with Gasteiger partial charge in [0.15, 0.2) is 0 Å². The van der Waals surface area contributed by atoms with Crippen molar-refractivity contribution >= 4 is 26.8 Å². The van der Waals surface area contributed by atoms with Crippen LogP contribution in [0.15, 0.2) is 40.3 Å². The summed E-state index contributed by atoms with van der Waals surface area (Å²) in [7, 11) is -3.68. The largest absolute Gasteiger partial charge is 0.356 e. The van der Waals surface area contributed by atoms with Gasteiger partial charge in [0, 0.05) is 31.2 Å². The van der Waals surface area contributed by atoms with Gasteiger partial charge in [-0.2, -0.15) is 8.42 Å². The monoisotopic (exact) mass is 390 g/mol. The molecule has 146 valence electrons. The number of urea groups is 1. The predicted octanol–water partition coefficient (Wildman–Crippen LogP) is 2.33. The minimum absolute atomic E-state index is 0.0922. The molecular formula is C19H26N4O3S. The molecule has 1 aromatic rings. The van der Waals surface area contributed by atoms with Gasteiger partial charge in [-0.15, -0.1) is 4.40 Å². The van der Waals surface area contributed by atoms with E-state index in [1.807, 2.05) is 36.9 Å². The molecule has 0 bridgehead atoms. The van der Waals surface area contributed by atoms with Crippen molar-refractivity contribution in [2.45, 2.75) is 39.2 Å². The molecule has 0 atom stereocenters. The second-order valence-electron chi connectivity index (χ2n) is 6.87. The molecule has 0 unspecified atom stereocenters. The van der Waals surface area contributed by atoms with Crippen LogP contribution in [0.1, 0.15) is 38.7 Å². The van der Waals surface area contributed by atoms with Crippen molar-refractivity contribution in [3.8, 4) is 0 Å². The number of nitrogens with zero attached hydrogens (tertiary/aromatic N) is 2. The van der Waals surface area contributed by atoms with Gasteiger partial charge in [-0.25, -0.2) is 4.79 Å². The summed E-state index contributed by atoms with van der Waals surface area (Å²) >= 11 is 0. The Kier molecular flexibility index (Phi) is 5.84. The highest BCUT2D eigenvalue weighted by molar-refractivity contribution is 8.00. The molecule has 2 aliphatic heterocycles. The number of carbonyl (C=O) groups is 1. The van der Waals surface area contributed by atoms with Crippen LogP contribution >= 0.6 is 0 Å². The maximum absolute atomic E-state index is 12.6. The van der Waals surface area contributed by atoms with E-state index in [2.05, 4.69) is 15.0 Å². The summed E-state index contributed by atoms with van der Waals surface area (Å²) in [6, 6.07) is 9.04. The fraction of sp³-hybridized carbons (Fsp3) is 0.474. The highest BCUT2D eigenvalue weighted by Gasteiger charge is 2.34. The van der Waals surface area contributed by atoms with Crippen molar-refractivity contribution < 1.29 is 13.2 Å². The van der Waals surface area contributed by atoms with E-state index in [9.17, 15) is 13.2 Å². The topological polar surface area (TPSA) is 90.9 Å². The average Bonchev–Trinajstić information content (AvgIpc) is 2.90. The average molecular weight is 391 g/mol. The number of hydrogen-bond donors (Lipinski definition) is 2. The van der Waals surface area contributed by atoms with E-state index in [1.165, 1.54) is 0 Å². The molecule has 2 N–H and O–H groups in total. The standard InChI is InChI=1S/C19H26N4O3S/c1-3-11-20-19(24)21-16-9-12-23(13-10-16)18-14(2)17(27(25,26)22-18)15-7-5-4-6-8-15/h4-8,16H,3,9-13H2,1-2H3,(H2,20,21,24). The number of sulfonamides is 1. The zero-order valence-electron chi connectivity index (χ0n) is 15.7. The summed E-state index contributed by atoms with van der Waals surface area (Å²) in [5.74, 6) is 0.530. The first-order chi connectivity index (χ1) is 12.9. The van der Waals surface area contributed by atoms with Crippen molar-refractivity contribution in [3.05, 3.63) is 41.5 Å². The van der Waals surface area contributed by atoms with E-state index >= 15 is 0 Å². The van der Waals surface area contributed by atoms with Crippen LogP contribution in [-0.4, -0.2) is 50.9 Å². The first kappa shape index (κ1) is 19.4. The van der Waals surface area contributed by atoms with Crippen LogP contribution in [0.4, 0.5) is 4.79 Å². The second-order valence-corrected chi connectivity index (χ2v) is 8.41. The minimum atomic E-state index is -3.68. The number of benzene rings is 1. The molecule has 0 spiro atoms. The maximum atomic E-state index is 12.6. The number of rotatable bonds is 4. The molecule has 0 aliphatic carbocycles. The highest BCUT2D eigenvalue weighted by atomic mass is 32.2. The zero-order valence-corrected chi connectivity index (χ0v) is 16.6. The number of likely N-dealkylation sites (tertiary alicyclic amines) is 1. The van der Waals surface area contributed by atoms with Gasteiger partial charge in [0.2, 0.25) is 0 Å². The lowest BCUT2D eigenvalue weighted by molar-refractivity contribution is 0.226. The molecule has 1 fully saturated rings. The number of amidine groups is 1. The fourth-order valence-electron chi connectivity index (χ4n) is 3.48. The summed E-state index contributed by atoms with van der Waals surface area (Å²) in [6.45, 7) is 5.80. The SMILES string of the molecule is CCCNC(=O)NC1CCN(C2=NS(=O)(=O)C(c3ccccc3)=C2C)CC1. The van der Waals surface area contributed by atoms with Gasteiger partial charge >= 0.3 is 6.03 Å².